The molecule has 0 spiro atoms. The fourth-order valence-corrected chi connectivity index (χ4v) is 8.32. The van der Waals surface area contributed by atoms with E-state index in [4.69, 9.17) is 0 Å². The lowest BCUT2D eigenvalue weighted by Gasteiger charge is -2.26. The Morgan fingerprint density at radius 3 is 2.48 bits per heavy atom. The van der Waals surface area contributed by atoms with Crippen molar-refractivity contribution in [1.82, 2.24) is 5.32 Å². The van der Waals surface area contributed by atoms with E-state index in [0.717, 1.165) is 60.9 Å². The molecule has 2 aromatic carbocycles. The highest BCUT2D eigenvalue weighted by Crippen LogP contribution is 2.57. The maximum absolute atomic E-state index is 4.57. The van der Waals surface area contributed by atoms with Crippen LogP contribution in [0.5, 0.6) is 0 Å². The van der Waals surface area contributed by atoms with Crippen LogP contribution < -0.4 is 5.32 Å². The lowest BCUT2D eigenvalue weighted by atomic mass is 9.78. The third-order valence-corrected chi connectivity index (χ3v) is 11.2. The monoisotopic (exact) mass is 713 g/mol. The second-order valence-electron chi connectivity index (χ2n) is 15.1. The molecule has 4 bridgehead atoms. The SMILES string of the molecule is C=CCCC(=C)C1CC2=CC=C(/C(=C/C=C\CC(C)N/C(=C\C(=C)c3cccc(C(/C=C\CC)=C/C)c3)c3cccc(/C=C/CC)c3)CC)C3=CC[C@H]2C31. The highest BCUT2D eigenvalue weighted by Gasteiger charge is 2.46. The van der Waals surface area contributed by atoms with Gasteiger partial charge >= 0.3 is 0 Å². The quantitative estimate of drug-likeness (QED) is 0.113. The van der Waals surface area contributed by atoms with Crippen LogP contribution in [0.1, 0.15) is 108 Å². The molecule has 1 saturated carbocycles. The molecule has 0 amide bonds. The molecule has 0 aliphatic heterocycles. The van der Waals surface area contributed by atoms with Crippen molar-refractivity contribution in [3.8, 4) is 0 Å². The minimum Gasteiger partial charge on any atom is -0.382 e. The molecule has 1 fully saturated rings. The van der Waals surface area contributed by atoms with Gasteiger partial charge < -0.3 is 5.32 Å². The van der Waals surface area contributed by atoms with Crippen LogP contribution in [-0.2, 0) is 0 Å². The predicted molar refractivity (Wildman–Crippen MR) is 240 cm³/mol. The molecule has 0 heterocycles. The van der Waals surface area contributed by atoms with Gasteiger partial charge in [-0.1, -0.05) is 154 Å². The first-order valence-corrected chi connectivity index (χ1v) is 20.4. The first-order chi connectivity index (χ1) is 26.3. The molecule has 0 aromatic heterocycles. The third-order valence-electron chi connectivity index (χ3n) is 11.2. The molecule has 2 aromatic rings. The molecular weight excluding hydrogens is 651 g/mol. The largest absolute Gasteiger partial charge is 0.382 e. The molecule has 3 aliphatic carbocycles. The average molecular weight is 714 g/mol. The number of hydrogen-bond donors (Lipinski definition) is 1. The normalized spacial score (nSPS) is 20.6. The molecular formula is C53H63N. The van der Waals surface area contributed by atoms with Crippen molar-refractivity contribution < 1.29 is 0 Å². The molecule has 280 valence electrons. The number of nitrogens with one attached hydrogen (secondary N) is 1. The summed E-state index contributed by atoms with van der Waals surface area (Å²) in [5.74, 6) is 1.78. The van der Waals surface area contributed by atoms with Gasteiger partial charge in [-0.2, -0.15) is 0 Å². The Kier molecular flexibility index (Phi) is 14.9. The highest BCUT2D eigenvalue weighted by molar-refractivity contribution is 5.84. The van der Waals surface area contributed by atoms with E-state index in [2.05, 4.69) is 181 Å². The molecule has 1 heteroatoms. The van der Waals surface area contributed by atoms with Crippen molar-refractivity contribution in [2.45, 2.75) is 92.0 Å². The number of benzene rings is 2. The van der Waals surface area contributed by atoms with Crippen molar-refractivity contribution in [2.75, 3.05) is 0 Å². The van der Waals surface area contributed by atoms with Crippen molar-refractivity contribution >= 4 is 22.9 Å². The van der Waals surface area contributed by atoms with E-state index < -0.39 is 0 Å². The van der Waals surface area contributed by atoms with Crippen LogP contribution in [0.15, 0.2) is 169 Å². The van der Waals surface area contributed by atoms with Gasteiger partial charge in [0.1, 0.15) is 0 Å². The van der Waals surface area contributed by atoms with Gasteiger partial charge in [0.15, 0.2) is 0 Å². The van der Waals surface area contributed by atoms with Gasteiger partial charge in [-0.3, -0.25) is 0 Å². The first kappa shape index (κ1) is 40.3. The van der Waals surface area contributed by atoms with E-state index >= 15 is 0 Å². The van der Waals surface area contributed by atoms with Gasteiger partial charge in [-0.05, 0) is 151 Å². The highest BCUT2D eigenvalue weighted by atomic mass is 14.9. The summed E-state index contributed by atoms with van der Waals surface area (Å²) in [7, 11) is 0. The summed E-state index contributed by atoms with van der Waals surface area (Å²) in [6, 6.07) is 17.7. The summed E-state index contributed by atoms with van der Waals surface area (Å²) in [5, 5.41) is 3.88. The van der Waals surface area contributed by atoms with Gasteiger partial charge in [-0.25, -0.2) is 0 Å². The lowest BCUT2D eigenvalue weighted by Crippen LogP contribution is -2.24. The van der Waals surface area contributed by atoms with Crippen LogP contribution in [0.2, 0.25) is 0 Å². The summed E-state index contributed by atoms with van der Waals surface area (Å²) in [6.07, 6.45) is 38.0. The zero-order valence-corrected chi connectivity index (χ0v) is 33.7. The summed E-state index contributed by atoms with van der Waals surface area (Å²) in [4.78, 5) is 0. The van der Waals surface area contributed by atoms with E-state index in [-0.39, 0.29) is 6.04 Å². The Morgan fingerprint density at radius 1 is 0.944 bits per heavy atom. The summed E-state index contributed by atoms with van der Waals surface area (Å²) < 4.78 is 0. The lowest BCUT2D eigenvalue weighted by molar-refractivity contribution is 0.435. The molecule has 3 aliphatic rings. The van der Waals surface area contributed by atoms with Crippen molar-refractivity contribution in [2.24, 2.45) is 17.8 Å². The van der Waals surface area contributed by atoms with Crippen LogP contribution in [0.4, 0.5) is 0 Å². The van der Waals surface area contributed by atoms with Crippen LogP contribution in [0.3, 0.4) is 0 Å². The molecule has 1 N–H and O–H groups in total. The van der Waals surface area contributed by atoms with Gasteiger partial charge in [0.05, 0.1) is 0 Å². The second kappa shape index (κ2) is 20.0. The second-order valence-corrected chi connectivity index (χ2v) is 15.1. The van der Waals surface area contributed by atoms with E-state index in [1.807, 2.05) is 6.08 Å². The van der Waals surface area contributed by atoms with E-state index in [1.54, 1.807) is 11.1 Å². The number of rotatable bonds is 19. The summed E-state index contributed by atoms with van der Waals surface area (Å²) in [5.41, 5.74) is 15.4. The number of allylic oxidation sites excluding steroid dienone is 18. The molecule has 4 atom stereocenters. The molecule has 5 rings (SSSR count). The molecule has 54 heavy (non-hydrogen) atoms. The third kappa shape index (κ3) is 10.00. The van der Waals surface area contributed by atoms with Gasteiger partial charge in [0, 0.05) is 11.7 Å². The molecule has 0 saturated heterocycles. The average Bonchev–Trinajstić information content (AvgIpc) is 3.73. The minimum absolute atomic E-state index is 0.215. The van der Waals surface area contributed by atoms with E-state index in [0.29, 0.717) is 17.8 Å². The summed E-state index contributed by atoms with van der Waals surface area (Å²) >= 11 is 0. The first-order valence-electron chi connectivity index (χ1n) is 20.4. The fourth-order valence-electron chi connectivity index (χ4n) is 8.32. The standard InChI is InChI=1S/C53H63N/c1-9-14-21-38(6)51-37-46-30-31-48(50-33-32-49(46)53(50)51)43(13-5)26-18-17-22-40(8)54-52(47-29-19-24-41(35-47)23-15-10-2)34-39(7)44-27-20-28-45(36-44)42(12-4)25-16-11-3/h9,12,15-20,23-31,33-36,40,49,51,53-54H,1,6-7,10-11,13-14,21-22,32,37H2,2-5,8H3/b18-17-,23-15+,25-16-,42-12+,43-26+,52-34-/t40?,49-,51?,53?/m1/s1. The zero-order chi connectivity index (χ0) is 38.5. The van der Waals surface area contributed by atoms with Gasteiger partial charge in [0.25, 0.3) is 0 Å². The van der Waals surface area contributed by atoms with Crippen LogP contribution >= 0.6 is 0 Å². The predicted octanol–water partition coefficient (Wildman–Crippen LogP) is 14.8. The molecule has 1 nitrogen and oxygen atoms in total. The van der Waals surface area contributed by atoms with Crippen molar-refractivity contribution in [1.29, 1.82) is 0 Å². The van der Waals surface area contributed by atoms with Crippen LogP contribution in [0.25, 0.3) is 22.9 Å². The van der Waals surface area contributed by atoms with Gasteiger partial charge in [-0.15, -0.1) is 6.58 Å². The smallest absolute Gasteiger partial charge is 0.0422 e. The maximum atomic E-state index is 4.57. The minimum atomic E-state index is 0.215. The Hall–Kier alpha value is -4.88. The summed E-state index contributed by atoms with van der Waals surface area (Å²) in [6.45, 7) is 24.1. The van der Waals surface area contributed by atoms with Crippen molar-refractivity contribution in [3.05, 3.63) is 191 Å². The van der Waals surface area contributed by atoms with Gasteiger partial charge in [0.2, 0.25) is 0 Å². The Bertz CT molecular complexity index is 1960. The Balaban J connectivity index is 1.34. The van der Waals surface area contributed by atoms with Crippen LogP contribution in [0, 0.1) is 17.8 Å². The van der Waals surface area contributed by atoms with E-state index in [1.165, 1.54) is 46.3 Å². The molecule has 3 unspecified atom stereocenters. The van der Waals surface area contributed by atoms with Crippen LogP contribution in [-0.4, -0.2) is 6.04 Å². The molecule has 0 radical (unpaired) electrons. The Morgan fingerprint density at radius 2 is 1.72 bits per heavy atom. The number of hydrogen-bond acceptors (Lipinski definition) is 1. The van der Waals surface area contributed by atoms with Crippen molar-refractivity contribution in [3.63, 3.8) is 0 Å². The maximum Gasteiger partial charge on any atom is 0.0422 e. The fraction of sp³-hybridized carbons (Fsp3) is 0.321. The van der Waals surface area contributed by atoms with E-state index in [9.17, 15) is 0 Å². The Labute approximate surface area is 328 Å². The zero-order valence-electron chi connectivity index (χ0n) is 33.7. The topological polar surface area (TPSA) is 12.0 Å².